The predicted octanol–water partition coefficient (Wildman–Crippen LogP) is 3.71. The molecule has 3 nitrogen and oxygen atoms in total. The molecule has 2 saturated carbocycles. The van der Waals surface area contributed by atoms with E-state index in [0.717, 1.165) is 25.7 Å². The summed E-state index contributed by atoms with van der Waals surface area (Å²) in [4.78, 5) is 0. The zero-order chi connectivity index (χ0) is 12.6. The van der Waals surface area contributed by atoms with E-state index in [1.807, 2.05) is 6.92 Å². The summed E-state index contributed by atoms with van der Waals surface area (Å²) >= 11 is 0. The van der Waals surface area contributed by atoms with Gasteiger partial charge in [0.25, 0.3) is 0 Å². The van der Waals surface area contributed by atoms with Gasteiger partial charge in [-0.2, -0.15) is 0 Å². The highest BCUT2D eigenvalue weighted by Crippen LogP contribution is 2.24. The second-order valence-corrected chi connectivity index (χ2v) is 5.54. The van der Waals surface area contributed by atoms with Crippen molar-refractivity contribution in [3.05, 3.63) is 0 Å². The van der Waals surface area contributed by atoms with Gasteiger partial charge in [-0.25, -0.2) is 0 Å². The largest absolute Gasteiger partial charge is 0.639 e. The Balaban J connectivity index is 1.74. The third kappa shape index (κ3) is 4.91. The fraction of sp³-hybridized carbons (Fsp3) is 1.00. The lowest BCUT2D eigenvalue weighted by molar-refractivity contribution is 0.0114. The van der Waals surface area contributed by atoms with E-state index in [2.05, 4.69) is 0 Å². The molecule has 0 aromatic carbocycles. The van der Waals surface area contributed by atoms with E-state index in [9.17, 15) is 0 Å². The summed E-state index contributed by atoms with van der Waals surface area (Å²) in [5, 5.41) is 0. The monoisotopic (exact) mass is 254 g/mol. The molecule has 0 atom stereocenters. The zero-order valence-corrected chi connectivity index (χ0v) is 11.7. The molecule has 4 heteroatoms. The van der Waals surface area contributed by atoms with Crippen LogP contribution in [0.25, 0.3) is 0 Å². The van der Waals surface area contributed by atoms with Crippen LogP contribution < -0.4 is 0 Å². The standard InChI is InChI=1S/C14H27BO3/c1-2-16-15(17-13-9-5-3-6-10-13)18-14-11-7-4-8-12-14/h13-14H,2-12H2,1H3. The van der Waals surface area contributed by atoms with E-state index in [-0.39, 0.29) is 0 Å². The van der Waals surface area contributed by atoms with E-state index < -0.39 is 7.32 Å². The van der Waals surface area contributed by atoms with Gasteiger partial charge in [-0.1, -0.05) is 38.5 Å². The highest BCUT2D eigenvalue weighted by molar-refractivity contribution is 6.36. The topological polar surface area (TPSA) is 27.7 Å². The second-order valence-electron chi connectivity index (χ2n) is 5.54. The Labute approximate surface area is 112 Å². The molecule has 0 amide bonds. The molecule has 0 radical (unpaired) electrons. The van der Waals surface area contributed by atoms with Crippen molar-refractivity contribution in [3.8, 4) is 0 Å². The lowest BCUT2D eigenvalue weighted by Gasteiger charge is -2.28. The Hall–Kier alpha value is -0.0551. The summed E-state index contributed by atoms with van der Waals surface area (Å²) in [5.41, 5.74) is 0. The maximum absolute atomic E-state index is 5.99. The van der Waals surface area contributed by atoms with E-state index >= 15 is 0 Å². The summed E-state index contributed by atoms with van der Waals surface area (Å²) < 4.78 is 17.6. The van der Waals surface area contributed by atoms with Crippen LogP contribution in [0.1, 0.15) is 71.1 Å². The van der Waals surface area contributed by atoms with Gasteiger partial charge in [-0.15, -0.1) is 0 Å². The van der Waals surface area contributed by atoms with Gasteiger partial charge < -0.3 is 14.0 Å². The van der Waals surface area contributed by atoms with Crippen molar-refractivity contribution in [2.45, 2.75) is 83.3 Å². The van der Waals surface area contributed by atoms with Crippen molar-refractivity contribution in [1.29, 1.82) is 0 Å². The molecule has 0 saturated heterocycles. The molecule has 18 heavy (non-hydrogen) atoms. The van der Waals surface area contributed by atoms with E-state index in [1.54, 1.807) is 0 Å². The Morgan fingerprint density at radius 1 is 0.778 bits per heavy atom. The van der Waals surface area contributed by atoms with E-state index in [1.165, 1.54) is 38.5 Å². The molecular formula is C14H27BO3. The van der Waals surface area contributed by atoms with Crippen molar-refractivity contribution >= 4 is 7.32 Å². The molecule has 2 aliphatic carbocycles. The molecule has 104 valence electrons. The Morgan fingerprint density at radius 3 is 1.61 bits per heavy atom. The average Bonchev–Trinajstić information content (AvgIpc) is 2.41. The normalized spacial score (nSPS) is 23.2. The van der Waals surface area contributed by atoms with Gasteiger partial charge in [0.15, 0.2) is 0 Å². The summed E-state index contributed by atoms with van der Waals surface area (Å²) in [7, 11) is -0.429. The fourth-order valence-corrected chi connectivity index (χ4v) is 2.96. The summed E-state index contributed by atoms with van der Waals surface area (Å²) in [6.45, 7) is 2.66. The molecule has 0 heterocycles. The van der Waals surface area contributed by atoms with Crippen LogP contribution in [0.5, 0.6) is 0 Å². The van der Waals surface area contributed by atoms with Crippen LogP contribution in [0, 0.1) is 0 Å². The van der Waals surface area contributed by atoms with Crippen molar-refractivity contribution in [2.75, 3.05) is 6.61 Å². The first-order valence-electron chi connectivity index (χ1n) is 7.81. The van der Waals surface area contributed by atoms with Crippen LogP contribution in [0.15, 0.2) is 0 Å². The lowest BCUT2D eigenvalue weighted by Crippen LogP contribution is -2.37. The molecule has 0 unspecified atom stereocenters. The molecule has 0 spiro atoms. The smallest absolute Gasteiger partial charge is 0.386 e. The van der Waals surface area contributed by atoms with Gasteiger partial charge in [0.1, 0.15) is 0 Å². The number of hydrogen-bond acceptors (Lipinski definition) is 3. The number of rotatable bonds is 6. The van der Waals surface area contributed by atoms with Crippen LogP contribution in [-0.4, -0.2) is 26.1 Å². The Bertz CT molecular complexity index is 193. The van der Waals surface area contributed by atoms with Crippen LogP contribution in [-0.2, 0) is 14.0 Å². The minimum atomic E-state index is -0.429. The lowest BCUT2D eigenvalue weighted by atomic mass is 9.95. The van der Waals surface area contributed by atoms with Crippen molar-refractivity contribution in [3.63, 3.8) is 0 Å². The fourth-order valence-electron chi connectivity index (χ4n) is 2.96. The van der Waals surface area contributed by atoms with Crippen LogP contribution in [0.2, 0.25) is 0 Å². The first kappa shape index (κ1) is 14.4. The third-order valence-electron chi connectivity index (χ3n) is 4.01. The van der Waals surface area contributed by atoms with Gasteiger partial charge in [-0.05, 0) is 32.6 Å². The SMILES string of the molecule is CCOB(OC1CCCCC1)OC1CCCCC1. The molecule has 0 N–H and O–H groups in total. The minimum absolute atomic E-state index is 0.346. The average molecular weight is 254 g/mol. The van der Waals surface area contributed by atoms with Crippen molar-refractivity contribution < 1.29 is 14.0 Å². The van der Waals surface area contributed by atoms with Crippen LogP contribution >= 0.6 is 0 Å². The first-order chi connectivity index (χ1) is 8.88. The highest BCUT2D eigenvalue weighted by atomic mass is 16.7. The Morgan fingerprint density at radius 2 is 1.22 bits per heavy atom. The Kier molecular flexibility index (Phi) is 6.53. The maximum Gasteiger partial charge on any atom is 0.639 e. The van der Waals surface area contributed by atoms with Gasteiger partial charge in [-0.3, -0.25) is 0 Å². The van der Waals surface area contributed by atoms with Crippen molar-refractivity contribution in [1.82, 2.24) is 0 Å². The van der Waals surface area contributed by atoms with Crippen LogP contribution in [0.4, 0.5) is 0 Å². The van der Waals surface area contributed by atoms with Gasteiger partial charge in [0, 0.05) is 18.8 Å². The molecule has 2 aliphatic rings. The summed E-state index contributed by atoms with van der Waals surface area (Å²) in [6, 6.07) is 0. The molecular weight excluding hydrogens is 227 g/mol. The first-order valence-corrected chi connectivity index (χ1v) is 7.81. The number of hydrogen-bond donors (Lipinski definition) is 0. The summed E-state index contributed by atoms with van der Waals surface area (Å²) in [6.07, 6.45) is 13.2. The van der Waals surface area contributed by atoms with E-state index in [0.29, 0.717) is 18.8 Å². The van der Waals surface area contributed by atoms with Gasteiger partial charge >= 0.3 is 7.32 Å². The van der Waals surface area contributed by atoms with Gasteiger partial charge in [0.2, 0.25) is 0 Å². The molecule has 0 bridgehead atoms. The maximum atomic E-state index is 5.99. The minimum Gasteiger partial charge on any atom is -0.386 e. The summed E-state index contributed by atoms with van der Waals surface area (Å²) in [5.74, 6) is 0. The molecule has 2 fully saturated rings. The molecule has 0 aromatic heterocycles. The second kappa shape index (κ2) is 8.18. The van der Waals surface area contributed by atoms with Crippen molar-refractivity contribution in [2.24, 2.45) is 0 Å². The predicted molar refractivity (Wildman–Crippen MR) is 73.3 cm³/mol. The zero-order valence-electron chi connectivity index (χ0n) is 11.7. The third-order valence-corrected chi connectivity index (χ3v) is 4.01. The quantitative estimate of drug-likeness (QED) is 0.676. The molecule has 0 aliphatic heterocycles. The highest BCUT2D eigenvalue weighted by Gasteiger charge is 2.30. The van der Waals surface area contributed by atoms with Crippen LogP contribution in [0.3, 0.4) is 0 Å². The van der Waals surface area contributed by atoms with Gasteiger partial charge in [0.05, 0.1) is 0 Å². The van der Waals surface area contributed by atoms with E-state index in [4.69, 9.17) is 14.0 Å². The molecule has 2 rings (SSSR count). The molecule has 0 aromatic rings.